The molecule has 24 heavy (non-hydrogen) atoms. The lowest BCUT2D eigenvalue weighted by molar-refractivity contribution is -0.116. The average molecular weight is 343 g/mol. The average Bonchev–Trinajstić information content (AvgIpc) is 2.57. The summed E-state index contributed by atoms with van der Waals surface area (Å²) < 4.78 is 3.39. The number of carbonyl (C=O) groups excluding carboxylic acids is 1. The van der Waals surface area contributed by atoms with Crippen LogP contribution >= 0.6 is 11.9 Å². The van der Waals surface area contributed by atoms with Crippen LogP contribution < -0.4 is 10.0 Å². The fraction of sp³-hybridized carbons (Fsp3) is 0.350. The molecule has 0 aliphatic carbocycles. The van der Waals surface area contributed by atoms with Crippen molar-refractivity contribution in [3.8, 4) is 0 Å². The zero-order valence-corrected chi connectivity index (χ0v) is 15.5. The van der Waals surface area contributed by atoms with E-state index in [0.717, 1.165) is 29.8 Å². The van der Waals surface area contributed by atoms with Crippen LogP contribution in [0.4, 0.5) is 11.4 Å². The Morgan fingerprint density at radius 2 is 1.71 bits per heavy atom. The van der Waals surface area contributed by atoms with Crippen LogP contribution in [0.2, 0.25) is 0 Å². The van der Waals surface area contributed by atoms with Gasteiger partial charge < -0.3 is 10.0 Å². The maximum atomic E-state index is 11.8. The molecule has 1 amide bonds. The van der Waals surface area contributed by atoms with Gasteiger partial charge in [0.05, 0.1) is 0 Å². The number of nitrogens with one attached hydrogen (secondary N) is 2. The van der Waals surface area contributed by atoms with E-state index < -0.39 is 0 Å². The van der Waals surface area contributed by atoms with Crippen molar-refractivity contribution in [3.05, 3.63) is 53.6 Å². The molecule has 2 aromatic rings. The SMILES string of the molecule is CCCC(=O)Nc1cccc(NSc2ccc(CCC)cc2)c1C. The second-order valence-corrected chi connectivity index (χ2v) is 6.75. The first-order valence-electron chi connectivity index (χ1n) is 8.55. The largest absolute Gasteiger partial charge is 0.326 e. The molecule has 0 fully saturated rings. The molecule has 0 aliphatic rings. The summed E-state index contributed by atoms with van der Waals surface area (Å²) in [4.78, 5) is 13.0. The van der Waals surface area contributed by atoms with Gasteiger partial charge in [0, 0.05) is 22.7 Å². The predicted octanol–water partition coefficient (Wildman–Crippen LogP) is 5.81. The molecule has 0 saturated carbocycles. The van der Waals surface area contributed by atoms with Gasteiger partial charge in [-0.15, -0.1) is 0 Å². The highest BCUT2D eigenvalue weighted by molar-refractivity contribution is 8.00. The van der Waals surface area contributed by atoms with Crippen molar-refractivity contribution in [1.82, 2.24) is 0 Å². The summed E-state index contributed by atoms with van der Waals surface area (Å²) in [7, 11) is 0. The van der Waals surface area contributed by atoms with Gasteiger partial charge in [-0.1, -0.05) is 38.5 Å². The topological polar surface area (TPSA) is 41.1 Å². The summed E-state index contributed by atoms with van der Waals surface area (Å²) in [5.74, 6) is 0.0666. The lowest BCUT2D eigenvalue weighted by atomic mass is 10.1. The minimum absolute atomic E-state index is 0.0666. The normalized spacial score (nSPS) is 10.5. The third-order valence-corrected chi connectivity index (χ3v) is 4.66. The summed E-state index contributed by atoms with van der Waals surface area (Å²) in [6.45, 7) is 6.22. The lowest BCUT2D eigenvalue weighted by Gasteiger charge is -2.13. The van der Waals surface area contributed by atoms with Gasteiger partial charge in [0.25, 0.3) is 0 Å². The number of hydrogen-bond acceptors (Lipinski definition) is 3. The van der Waals surface area contributed by atoms with Crippen molar-refractivity contribution in [2.75, 3.05) is 10.0 Å². The Morgan fingerprint density at radius 3 is 2.38 bits per heavy atom. The molecule has 128 valence electrons. The fourth-order valence-electron chi connectivity index (χ4n) is 2.45. The number of aryl methyl sites for hydroxylation is 1. The zero-order chi connectivity index (χ0) is 17.4. The van der Waals surface area contributed by atoms with Gasteiger partial charge in [-0.3, -0.25) is 4.79 Å². The van der Waals surface area contributed by atoms with E-state index in [1.165, 1.54) is 16.9 Å². The third-order valence-electron chi connectivity index (χ3n) is 3.83. The Morgan fingerprint density at radius 1 is 1.00 bits per heavy atom. The second-order valence-electron chi connectivity index (χ2n) is 5.87. The number of hydrogen-bond donors (Lipinski definition) is 2. The monoisotopic (exact) mass is 342 g/mol. The maximum Gasteiger partial charge on any atom is 0.224 e. The molecular formula is C20H26N2OS. The van der Waals surface area contributed by atoms with Crippen LogP contribution in [0.3, 0.4) is 0 Å². The van der Waals surface area contributed by atoms with Gasteiger partial charge in [-0.2, -0.15) is 0 Å². The summed E-state index contributed by atoms with van der Waals surface area (Å²) >= 11 is 1.59. The summed E-state index contributed by atoms with van der Waals surface area (Å²) in [6, 6.07) is 14.6. The highest BCUT2D eigenvalue weighted by Gasteiger charge is 2.07. The van der Waals surface area contributed by atoms with Crippen LogP contribution in [0.5, 0.6) is 0 Å². The lowest BCUT2D eigenvalue weighted by Crippen LogP contribution is -2.11. The highest BCUT2D eigenvalue weighted by Crippen LogP contribution is 2.28. The number of carbonyl (C=O) groups is 1. The van der Waals surface area contributed by atoms with E-state index in [2.05, 4.69) is 41.2 Å². The van der Waals surface area contributed by atoms with E-state index in [0.29, 0.717) is 6.42 Å². The van der Waals surface area contributed by atoms with E-state index in [4.69, 9.17) is 0 Å². The Kier molecular flexibility index (Phi) is 7.19. The molecule has 0 heterocycles. The number of anilines is 2. The predicted molar refractivity (Wildman–Crippen MR) is 105 cm³/mol. The number of benzene rings is 2. The molecule has 2 rings (SSSR count). The van der Waals surface area contributed by atoms with Gasteiger partial charge in [0.1, 0.15) is 0 Å². The van der Waals surface area contributed by atoms with Crippen molar-refractivity contribution in [2.45, 2.75) is 51.3 Å². The quantitative estimate of drug-likeness (QED) is 0.595. The van der Waals surface area contributed by atoms with Crippen molar-refractivity contribution < 1.29 is 4.79 Å². The van der Waals surface area contributed by atoms with Crippen molar-refractivity contribution in [2.24, 2.45) is 0 Å². The van der Waals surface area contributed by atoms with Gasteiger partial charge in [0.2, 0.25) is 5.91 Å². The molecule has 0 saturated heterocycles. The van der Waals surface area contributed by atoms with Crippen LogP contribution in [0.1, 0.15) is 44.2 Å². The minimum atomic E-state index is 0.0666. The van der Waals surface area contributed by atoms with E-state index in [1.54, 1.807) is 11.9 Å². The minimum Gasteiger partial charge on any atom is -0.326 e. The van der Waals surface area contributed by atoms with Gasteiger partial charge >= 0.3 is 0 Å². The maximum absolute atomic E-state index is 11.8. The first-order chi connectivity index (χ1) is 11.6. The molecule has 2 aromatic carbocycles. The van der Waals surface area contributed by atoms with Crippen LogP contribution in [0, 0.1) is 6.92 Å². The van der Waals surface area contributed by atoms with Crippen LogP contribution in [0.15, 0.2) is 47.4 Å². The Bertz CT molecular complexity index is 668. The first-order valence-corrected chi connectivity index (χ1v) is 9.37. The Hall–Kier alpha value is -1.94. The van der Waals surface area contributed by atoms with E-state index in [1.807, 2.05) is 32.0 Å². The van der Waals surface area contributed by atoms with Crippen LogP contribution in [-0.2, 0) is 11.2 Å². The number of amides is 1. The third kappa shape index (κ3) is 5.31. The summed E-state index contributed by atoms with van der Waals surface area (Å²) in [5.41, 5.74) is 4.32. The fourth-order valence-corrected chi connectivity index (χ4v) is 3.17. The molecule has 0 spiro atoms. The molecule has 0 unspecified atom stereocenters. The molecule has 0 aromatic heterocycles. The van der Waals surface area contributed by atoms with Crippen LogP contribution in [0.25, 0.3) is 0 Å². The first kappa shape index (κ1) is 18.4. The van der Waals surface area contributed by atoms with Crippen molar-refractivity contribution in [3.63, 3.8) is 0 Å². The Balaban J connectivity index is 2.00. The van der Waals surface area contributed by atoms with Crippen LogP contribution in [-0.4, -0.2) is 5.91 Å². The van der Waals surface area contributed by atoms with Crippen molar-refractivity contribution in [1.29, 1.82) is 0 Å². The van der Waals surface area contributed by atoms with E-state index in [9.17, 15) is 4.79 Å². The number of rotatable bonds is 8. The highest BCUT2D eigenvalue weighted by atomic mass is 32.2. The summed E-state index contributed by atoms with van der Waals surface area (Å²) in [6.07, 6.45) is 3.69. The molecule has 4 heteroatoms. The smallest absolute Gasteiger partial charge is 0.224 e. The standard InChI is InChI=1S/C20H26N2OS/c1-4-7-16-11-13-17(14-12-16)24-22-19-10-6-9-18(15(19)3)21-20(23)8-5-2/h6,9-14,22H,4-5,7-8H2,1-3H3,(H,21,23). The summed E-state index contributed by atoms with van der Waals surface area (Å²) in [5, 5.41) is 2.98. The molecule has 3 nitrogen and oxygen atoms in total. The molecule has 0 radical (unpaired) electrons. The second kappa shape index (κ2) is 9.38. The van der Waals surface area contributed by atoms with E-state index >= 15 is 0 Å². The van der Waals surface area contributed by atoms with Gasteiger partial charge in [-0.25, -0.2) is 0 Å². The van der Waals surface area contributed by atoms with E-state index in [-0.39, 0.29) is 5.91 Å². The van der Waals surface area contributed by atoms with Gasteiger partial charge in [-0.05, 0) is 67.1 Å². The van der Waals surface area contributed by atoms with Gasteiger partial charge in [0.15, 0.2) is 0 Å². The molecule has 0 bridgehead atoms. The Labute approximate surface area is 149 Å². The van der Waals surface area contributed by atoms with Crippen molar-refractivity contribution >= 4 is 29.2 Å². The molecule has 0 aliphatic heterocycles. The molecule has 0 atom stereocenters. The molecule has 2 N–H and O–H groups in total. The molecular weight excluding hydrogens is 316 g/mol. The zero-order valence-electron chi connectivity index (χ0n) is 14.7.